The number of H-pyrrole nitrogens is 1. The monoisotopic (exact) mass is 396 g/mol. The van der Waals surface area contributed by atoms with Crippen molar-refractivity contribution in [3.05, 3.63) is 95.8 Å². The molecule has 0 unspecified atom stereocenters. The predicted molar refractivity (Wildman–Crippen MR) is 115 cm³/mol. The molecule has 1 atom stereocenters. The summed E-state index contributed by atoms with van der Waals surface area (Å²) in [7, 11) is 0. The molecule has 30 heavy (non-hydrogen) atoms. The maximum atomic E-state index is 13.2. The number of pyridine rings is 1. The van der Waals surface area contributed by atoms with Crippen LogP contribution in [0.1, 0.15) is 33.9 Å². The van der Waals surface area contributed by atoms with E-state index in [1.165, 1.54) is 0 Å². The zero-order valence-corrected chi connectivity index (χ0v) is 16.2. The Morgan fingerprint density at radius 2 is 1.80 bits per heavy atom. The summed E-state index contributed by atoms with van der Waals surface area (Å²) in [5, 5.41) is 3.87. The number of nitrogens with one attached hydrogen (secondary N) is 2. The van der Waals surface area contributed by atoms with Crippen molar-refractivity contribution in [2.45, 2.75) is 12.5 Å². The first kappa shape index (κ1) is 18.1. The molecule has 1 aliphatic heterocycles. The van der Waals surface area contributed by atoms with E-state index in [1.54, 1.807) is 23.2 Å². The normalized spacial score (nSPS) is 15.4. The maximum absolute atomic E-state index is 13.2. The Bertz CT molecular complexity index is 1230. The smallest absolute Gasteiger partial charge is 0.255 e. The number of amides is 2. The van der Waals surface area contributed by atoms with Crippen LogP contribution in [0.5, 0.6) is 0 Å². The van der Waals surface area contributed by atoms with Crippen molar-refractivity contribution >= 4 is 28.5 Å². The topological polar surface area (TPSA) is 78.1 Å². The number of anilines is 1. The number of rotatable bonds is 5. The van der Waals surface area contributed by atoms with Gasteiger partial charge in [0.15, 0.2) is 0 Å². The van der Waals surface area contributed by atoms with Crippen molar-refractivity contribution in [1.82, 2.24) is 14.9 Å². The van der Waals surface area contributed by atoms with Gasteiger partial charge in [0.2, 0.25) is 5.91 Å². The van der Waals surface area contributed by atoms with E-state index < -0.39 is 0 Å². The fourth-order valence-corrected chi connectivity index (χ4v) is 4.12. The molecule has 0 saturated carbocycles. The average molecular weight is 396 g/mol. The highest BCUT2D eigenvalue weighted by Crippen LogP contribution is 2.41. The molecule has 2 N–H and O–H groups in total. The van der Waals surface area contributed by atoms with Gasteiger partial charge < -0.3 is 15.2 Å². The van der Waals surface area contributed by atoms with E-state index in [4.69, 9.17) is 0 Å². The Hall–Kier alpha value is -3.93. The van der Waals surface area contributed by atoms with Crippen molar-refractivity contribution in [2.24, 2.45) is 0 Å². The molecule has 2 aromatic heterocycles. The van der Waals surface area contributed by atoms with Crippen molar-refractivity contribution in [2.75, 3.05) is 11.9 Å². The number of benzene rings is 2. The van der Waals surface area contributed by atoms with Crippen molar-refractivity contribution in [3.8, 4) is 0 Å². The second kappa shape index (κ2) is 7.48. The largest absolute Gasteiger partial charge is 0.361 e. The van der Waals surface area contributed by atoms with E-state index in [1.807, 2.05) is 54.7 Å². The number of carbonyl (C=O) groups excluding carboxylic acids is 2. The molecule has 2 aromatic carbocycles. The Balaban J connectivity index is 1.44. The van der Waals surface area contributed by atoms with Crippen molar-refractivity contribution < 1.29 is 9.59 Å². The SMILES string of the molecule is O=C(CCN1C(=O)c2ccccc2[C@@H]1c1c[nH]c2ccccc12)Nc1ccccn1. The summed E-state index contributed by atoms with van der Waals surface area (Å²) >= 11 is 0. The number of aromatic amines is 1. The molecule has 6 heteroatoms. The molecule has 1 aliphatic rings. The van der Waals surface area contributed by atoms with Gasteiger partial charge in [-0.25, -0.2) is 4.98 Å². The molecular formula is C24H20N4O2. The molecule has 0 radical (unpaired) electrons. The van der Waals surface area contributed by atoms with Gasteiger partial charge in [0, 0.05) is 47.4 Å². The van der Waals surface area contributed by atoms with Crippen LogP contribution in [0.15, 0.2) is 79.1 Å². The molecule has 4 aromatic rings. The molecule has 0 fully saturated rings. The number of para-hydroxylation sites is 1. The van der Waals surface area contributed by atoms with Crippen LogP contribution in [0.4, 0.5) is 5.82 Å². The molecular weight excluding hydrogens is 376 g/mol. The third-order valence-electron chi connectivity index (χ3n) is 5.49. The van der Waals surface area contributed by atoms with Gasteiger partial charge in [-0.3, -0.25) is 9.59 Å². The van der Waals surface area contributed by atoms with E-state index in [-0.39, 0.29) is 24.3 Å². The number of carbonyl (C=O) groups is 2. The van der Waals surface area contributed by atoms with Crippen LogP contribution in [0.25, 0.3) is 10.9 Å². The van der Waals surface area contributed by atoms with Gasteiger partial charge in [-0.2, -0.15) is 0 Å². The summed E-state index contributed by atoms with van der Waals surface area (Å²) < 4.78 is 0. The standard InChI is InChI=1S/C24H20N4O2/c29-22(27-21-11-5-6-13-25-21)12-14-28-23(17-8-1-2-9-18(17)24(28)30)19-15-26-20-10-4-3-7-16(19)20/h1-11,13,15,23,26H,12,14H2,(H,25,27,29)/t23-/m1/s1. The number of hydrogen-bond acceptors (Lipinski definition) is 3. The second-order valence-corrected chi connectivity index (χ2v) is 7.29. The molecule has 0 bridgehead atoms. The quantitative estimate of drug-likeness (QED) is 0.532. The Morgan fingerprint density at radius 3 is 2.67 bits per heavy atom. The summed E-state index contributed by atoms with van der Waals surface area (Å²) in [6.45, 7) is 0.316. The number of nitrogens with zero attached hydrogens (tertiary/aromatic N) is 2. The van der Waals surface area contributed by atoms with E-state index in [2.05, 4.69) is 21.4 Å². The zero-order valence-electron chi connectivity index (χ0n) is 16.2. The van der Waals surface area contributed by atoms with Gasteiger partial charge in [0.05, 0.1) is 6.04 Å². The lowest BCUT2D eigenvalue weighted by molar-refractivity contribution is -0.116. The fourth-order valence-electron chi connectivity index (χ4n) is 4.12. The van der Waals surface area contributed by atoms with Crippen LogP contribution in [0.3, 0.4) is 0 Å². The molecule has 5 rings (SSSR count). The van der Waals surface area contributed by atoms with E-state index in [0.717, 1.165) is 22.0 Å². The van der Waals surface area contributed by atoms with Gasteiger partial charge in [-0.15, -0.1) is 0 Å². The average Bonchev–Trinajstić information content (AvgIpc) is 3.32. The van der Waals surface area contributed by atoms with Gasteiger partial charge in [-0.05, 0) is 29.8 Å². The van der Waals surface area contributed by atoms with Crippen LogP contribution in [0.2, 0.25) is 0 Å². The van der Waals surface area contributed by atoms with Gasteiger partial charge in [-0.1, -0.05) is 42.5 Å². The number of fused-ring (bicyclic) bond motifs is 2. The second-order valence-electron chi connectivity index (χ2n) is 7.29. The van der Waals surface area contributed by atoms with Crippen LogP contribution in [0, 0.1) is 0 Å². The summed E-state index contributed by atoms with van der Waals surface area (Å²) in [5.74, 6) is 0.286. The third-order valence-corrected chi connectivity index (χ3v) is 5.49. The minimum atomic E-state index is -0.229. The van der Waals surface area contributed by atoms with Crippen LogP contribution in [-0.2, 0) is 4.79 Å². The first-order chi connectivity index (χ1) is 14.7. The third kappa shape index (κ3) is 3.12. The lowest BCUT2D eigenvalue weighted by atomic mass is 9.97. The Kier molecular flexibility index (Phi) is 4.52. The highest BCUT2D eigenvalue weighted by Gasteiger charge is 2.38. The predicted octanol–water partition coefficient (Wildman–Crippen LogP) is 4.14. The van der Waals surface area contributed by atoms with Crippen molar-refractivity contribution in [3.63, 3.8) is 0 Å². The van der Waals surface area contributed by atoms with Gasteiger partial charge >= 0.3 is 0 Å². The highest BCUT2D eigenvalue weighted by atomic mass is 16.2. The lowest BCUT2D eigenvalue weighted by Crippen LogP contribution is -2.32. The molecule has 0 aliphatic carbocycles. The van der Waals surface area contributed by atoms with E-state index in [0.29, 0.717) is 17.9 Å². The molecule has 148 valence electrons. The summed E-state index contributed by atoms with van der Waals surface area (Å²) in [6.07, 6.45) is 3.78. The minimum Gasteiger partial charge on any atom is -0.361 e. The number of hydrogen-bond donors (Lipinski definition) is 2. The van der Waals surface area contributed by atoms with Crippen LogP contribution < -0.4 is 5.32 Å². The molecule has 2 amide bonds. The fraction of sp³-hybridized carbons (Fsp3) is 0.125. The van der Waals surface area contributed by atoms with Crippen molar-refractivity contribution in [1.29, 1.82) is 0 Å². The maximum Gasteiger partial charge on any atom is 0.255 e. The van der Waals surface area contributed by atoms with Gasteiger partial charge in [0.25, 0.3) is 5.91 Å². The minimum absolute atomic E-state index is 0.0495. The Labute approximate surface area is 173 Å². The molecule has 0 spiro atoms. The summed E-state index contributed by atoms with van der Waals surface area (Å²) in [6, 6.07) is 20.8. The number of aromatic nitrogens is 2. The van der Waals surface area contributed by atoms with E-state index >= 15 is 0 Å². The Morgan fingerprint density at radius 1 is 1.00 bits per heavy atom. The highest BCUT2D eigenvalue weighted by molar-refractivity contribution is 6.01. The molecule has 6 nitrogen and oxygen atoms in total. The van der Waals surface area contributed by atoms with Crippen LogP contribution >= 0.6 is 0 Å². The van der Waals surface area contributed by atoms with E-state index in [9.17, 15) is 9.59 Å². The first-order valence-corrected chi connectivity index (χ1v) is 9.89. The molecule has 3 heterocycles. The zero-order chi connectivity index (χ0) is 20.5. The summed E-state index contributed by atoms with van der Waals surface area (Å²) in [4.78, 5) is 34.9. The molecule has 0 saturated heterocycles. The summed E-state index contributed by atoms with van der Waals surface area (Å²) in [5.41, 5.74) is 3.72. The lowest BCUT2D eigenvalue weighted by Gasteiger charge is -2.25. The van der Waals surface area contributed by atoms with Gasteiger partial charge in [0.1, 0.15) is 5.82 Å². The van der Waals surface area contributed by atoms with Crippen LogP contribution in [-0.4, -0.2) is 33.2 Å². The first-order valence-electron chi connectivity index (χ1n) is 9.89.